The van der Waals surface area contributed by atoms with Crippen molar-refractivity contribution in [3.05, 3.63) is 59.2 Å². The van der Waals surface area contributed by atoms with E-state index >= 15 is 0 Å². The van der Waals surface area contributed by atoms with Gasteiger partial charge in [-0.1, -0.05) is 31.5 Å². The summed E-state index contributed by atoms with van der Waals surface area (Å²) in [6.45, 7) is 10.3. The summed E-state index contributed by atoms with van der Waals surface area (Å²) in [6.07, 6.45) is 2.10. The highest BCUT2D eigenvalue weighted by atomic mass is 32.2. The summed E-state index contributed by atoms with van der Waals surface area (Å²) in [5.74, 6) is -2.22. The highest BCUT2D eigenvalue weighted by molar-refractivity contribution is 7.90. The molecule has 0 N–H and O–H groups in total. The van der Waals surface area contributed by atoms with Gasteiger partial charge in [-0.15, -0.1) is 0 Å². The van der Waals surface area contributed by atoms with Gasteiger partial charge in [-0.25, -0.2) is 26.6 Å². The lowest BCUT2D eigenvalue weighted by Gasteiger charge is -2.36. The molecule has 0 fully saturated rings. The number of rotatable bonds is 5. The minimum Gasteiger partial charge on any atom is -0.458 e. The van der Waals surface area contributed by atoms with Crippen LogP contribution >= 0.6 is 0 Å². The van der Waals surface area contributed by atoms with E-state index in [0.717, 1.165) is 21.9 Å². The summed E-state index contributed by atoms with van der Waals surface area (Å²) in [5.41, 5.74) is 0.141. The van der Waals surface area contributed by atoms with Crippen LogP contribution in [0.1, 0.15) is 56.1 Å². The van der Waals surface area contributed by atoms with Gasteiger partial charge in [-0.2, -0.15) is 0 Å². The van der Waals surface area contributed by atoms with E-state index in [1.807, 2.05) is 6.92 Å². The Morgan fingerprint density at radius 1 is 1.17 bits per heavy atom. The Morgan fingerprint density at radius 3 is 2.37 bits per heavy atom. The second-order valence-corrected chi connectivity index (χ2v) is 11.9. The summed E-state index contributed by atoms with van der Waals surface area (Å²) in [6, 6.07) is 5.26. The number of benzene rings is 1. The molecule has 1 amide bonds. The number of ether oxygens (including phenoxy) is 1. The van der Waals surface area contributed by atoms with Gasteiger partial charge in [0.25, 0.3) is 15.9 Å². The maximum Gasteiger partial charge on any atom is 0.329 e. The van der Waals surface area contributed by atoms with Crippen molar-refractivity contribution in [2.75, 3.05) is 0 Å². The van der Waals surface area contributed by atoms with Crippen molar-refractivity contribution >= 4 is 32.9 Å². The Kier molecular flexibility index (Phi) is 5.99. The van der Waals surface area contributed by atoms with Crippen LogP contribution in [0.25, 0.3) is 11.0 Å². The Morgan fingerprint density at radius 2 is 1.80 bits per heavy atom. The topological polar surface area (TPSA) is 98.6 Å². The van der Waals surface area contributed by atoms with E-state index < -0.39 is 39.4 Å². The zero-order valence-corrected chi connectivity index (χ0v) is 21.3. The number of esters is 1. The molecule has 186 valence electrons. The molecule has 8 nitrogen and oxygen atoms in total. The highest BCUT2D eigenvalue weighted by Crippen LogP contribution is 2.36. The van der Waals surface area contributed by atoms with E-state index in [1.54, 1.807) is 46.8 Å². The Labute approximate surface area is 203 Å². The number of carbonyl (C=O) groups is 2. The molecule has 3 aromatic rings. The summed E-state index contributed by atoms with van der Waals surface area (Å²) in [7, 11) is -4.12. The van der Waals surface area contributed by atoms with Crippen LogP contribution < -0.4 is 0 Å². The number of aromatic nitrogens is 2. The van der Waals surface area contributed by atoms with Crippen LogP contribution in [0.4, 0.5) is 4.39 Å². The fourth-order valence-electron chi connectivity index (χ4n) is 4.27. The summed E-state index contributed by atoms with van der Waals surface area (Å²) in [4.78, 5) is 31.9. The molecule has 35 heavy (non-hydrogen) atoms. The van der Waals surface area contributed by atoms with Crippen LogP contribution in [0, 0.1) is 18.7 Å². The number of pyridine rings is 1. The average Bonchev–Trinajstić information content (AvgIpc) is 3.14. The summed E-state index contributed by atoms with van der Waals surface area (Å²) in [5, 5.41) is 0.133. The van der Waals surface area contributed by atoms with Crippen LogP contribution in [0.5, 0.6) is 0 Å². The van der Waals surface area contributed by atoms with Gasteiger partial charge in [0, 0.05) is 17.1 Å². The smallest absolute Gasteiger partial charge is 0.329 e. The van der Waals surface area contributed by atoms with Crippen molar-refractivity contribution in [1.82, 2.24) is 13.9 Å². The molecule has 10 heteroatoms. The number of carbonyl (C=O) groups excluding carboxylic acids is 2. The predicted molar refractivity (Wildman–Crippen MR) is 128 cm³/mol. The van der Waals surface area contributed by atoms with Crippen LogP contribution in [-0.4, -0.2) is 45.8 Å². The zero-order chi connectivity index (χ0) is 25.9. The number of halogens is 1. The molecular weight excluding hydrogens is 473 g/mol. The number of amides is 1. The third-order valence-electron chi connectivity index (χ3n) is 5.85. The summed E-state index contributed by atoms with van der Waals surface area (Å²) < 4.78 is 48.3. The molecule has 0 saturated heterocycles. The first kappa shape index (κ1) is 24.8. The van der Waals surface area contributed by atoms with Gasteiger partial charge >= 0.3 is 5.97 Å². The largest absolute Gasteiger partial charge is 0.458 e. The molecule has 0 radical (unpaired) electrons. The minimum absolute atomic E-state index is 0.0107. The molecule has 3 heterocycles. The molecule has 1 aliphatic heterocycles. The number of nitrogens with zero attached hydrogens (tertiary/aromatic N) is 3. The Hall–Kier alpha value is -3.27. The third kappa shape index (κ3) is 4.31. The van der Waals surface area contributed by atoms with E-state index in [0.29, 0.717) is 0 Å². The van der Waals surface area contributed by atoms with Crippen molar-refractivity contribution in [3.8, 4) is 0 Å². The van der Waals surface area contributed by atoms with Gasteiger partial charge < -0.3 is 9.64 Å². The fourth-order valence-corrected chi connectivity index (χ4v) is 5.59. The second kappa shape index (κ2) is 8.44. The van der Waals surface area contributed by atoms with Crippen molar-refractivity contribution in [2.45, 2.75) is 64.6 Å². The SMILES string of the molecule is Cc1ccc(S(=O)(=O)n2cc3c4c(c(F)cnc42)CN([C@@H](C(=O)OC(C)(C)C)C(C)C)C3=O)cc1. The third-order valence-corrected chi connectivity index (χ3v) is 7.52. The van der Waals surface area contributed by atoms with Gasteiger partial charge in [-0.05, 0) is 45.7 Å². The van der Waals surface area contributed by atoms with E-state index in [-0.39, 0.29) is 39.5 Å². The molecule has 0 aliphatic carbocycles. The lowest BCUT2D eigenvalue weighted by atomic mass is 9.96. The average molecular weight is 502 g/mol. The van der Waals surface area contributed by atoms with Crippen LogP contribution in [0.15, 0.2) is 41.6 Å². The van der Waals surface area contributed by atoms with Gasteiger partial charge in [-0.3, -0.25) is 4.79 Å². The van der Waals surface area contributed by atoms with Crippen molar-refractivity contribution in [3.63, 3.8) is 0 Å². The van der Waals surface area contributed by atoms with Crippen molar-refractivity contribution in [1.29, 1.82) is 0 Å². The van der Waals surface area contributed by atoms with Crippen LogP contribution in [0.3, 0.4) is 0 Å². The Bertz CT molecular complexity index is 1440. The van der Waals surface area contributed by atoms with Crippen molar-refractivity contribution in [2.24, 2.45) is 5.92 Å². The molecule has 0 saturated carbocycles. The first-order valence-electron chi connectivity index (χ1n) is 11.3. The quantitative estimate of drug-likeness (QED) is 0.490. The minimum atomic E-state index is -4.12. The van der Waals surface area contributed by atoms with E-state index in [2.05, 4.69) is 4.98 Å². The van der Waals surface area contributed by atoms with Gasteiger partial charge in [0.2, 0.25) is 0 Å². The molecule has 4 rings (SSSR count). The number of aryl methyl sites for hydroxylation is 1. The maximum absolute atomic E-state index is 15.0. The molecule has 0 spiro atoms. The molecule has 1 atom stereocenters. The predicted octanol–water partition coefficient (Wildman–Crippen LogP) is 4.04. The molecule has 2 aromatic heterocycles. The van der Waals surface area contributed by atoms with E-state index in [4.69, 9.17) is 4.74 Å². The molecule has 1 aromatic carbocycles. The van der Waals surface area contributed by atoms with Crippen LogP contribution in [-0.2, 0) is 26.1 Å². The Balaban J connectivity index is 1.87. The molecule has 0 bridgehead atoms. The number of hydrogen-bond acceptors (Lipinski definition) is 6. The lowest BCUT2D eigenvalue weighted by molar-refractivity contribution is -0.162. The van der Waals surface area contributed by atoms with E-state index in [1.165, 1.54) is 17.0 Å². The van der Waals surface area contributed by atoms with Crippen LogP contribution in [0.2, 0.25) is 0 Å². The van der Waals surface area contributed by atoms with Gasteiger partial charge in [0.05, 0.1) is 23.2 Å². The number of hydrogen-bond donors (Lipinski definition) is 0. The summed E-state index contributed by atoms with van der Waals surface area (Å²) >= 11 is 0. The standard InChI is InChI=1S/C25H28FN3O5S/c1-14(2)21(24(31)34-25(4,5)6)28-12-17-19(26)11-27-22-20(17)18(23(28)30)13-29(22)35(32,33)16-9-7-15(3)8-10-16/h7-11,13-14,21H,12H2,1-6H3/t21-/m1/s1. The second-order valence-electron chi connectivity index (χ2n) is 10.1. The molecule has 0 unspecified atom stereocenters. The highest BCUT2D eigenvalue weighted by Gasteiger charge is 2.41. The van der Waals surface area contributed by atoms with Gasteiger partial charge in [0.15, 0.2) is 5.65 Å². The monoisotopic (exact) mass is 501 g/mol. The lowest BCUT2D eigenvalue weighted by Crippen LogP contribution is -2.51. The molecule has 1 aliphatic rings. The van der Waals surface area contributed by atoms with E-state index in [9.17, 15) is 22.4 Å². The normalized spacial score (nSPS) is 15.1. The van der Waals surface area contributed by atoms with Crippen molar-refractivity contribution < 1.29 is 27.1 Å². The first-order valence-corrected chi connectivity index (χ1v) is 12.7. The van der Waals surface area contributed by atoms with Gasteiger partial charge in [0.1, 0.15) is 17.5 Å². The zero-order valence-electron chi connectivity index (χ0n) is 20.5. The first-order chi connectivity index (χ1) is 16.2. The fraction of sp³-hybridized carbons (Fsp3) is 0.400. The molecular formula is C25H28FN3O5S. The maximum atomic E-state index is 15.0.